The predicted octanol–water partition coefficient (Wildman–Crippen LogP) is 1.41. The first-order valence-corrected chi connectivity index (χ1v) is 5.68. The summed E-state index contributed by atoms with van der Waals surface area (Å²) in [6.45, 7) is 4.27. The third-order valence-corrected chi connectivity index (χ3v) is 3.36. The highest BCUT2D eigenvalue weighted by atomic mass is 16.2. The summed E-state index contributed by atoms with van der Waals surface area (Å²) in [5.41, 5.74) is -0.582. The average Bonchev–Trinajstić information content (AvgIpc) is 2.91. The van der Waals surface area contributed by atoms with Crippen LogP contribution in [0.1, 0.15) is 39.5 Å². The Balaban J connectivity index is 2.10. The van der Waals surface area contributed by atoms with Crippen LogP contribution < -0.4 is 10.6 Å². The summed E-state index contributed by atoms with van der Waals surface area (Å²) < 4.78 is 0. The number of hydrogen-bond acceptors (Lipinski definition) is 2. The lowest BCUT2D eigenvalue weighted by Crippen LogP contribution is -2.49. The Morgan fingerprint density at radius 3 is 2.47 bits per heavy atom. The van der Waals surface area contributed by atoms with Crippen molar-refractivity contribution in [3.63, 3.8) is 0 Å². The van der Waals surface area contributed by atoms with E-state index in [1.165, 1.54) is 0 Å². The van der Waals surface area contributed by atoms with Crippen LogP contribution in [-0.2, 0) is 4.79 Å². The Hall–Kier alpha value is -1.06. The van der Waals surface area contributed by atoms with Gasteiger partial charge in [-0.3, -0.25) is 10.1 Å². The zero-order valence-electron chi connectivity index (χ0n) is 9.30. The van der Waals surface area contributed by atoms with Crippen molar-refractivity contribution in [3.8, 4) is 0 Å². The van der Waals surface area contributed by atoms with Gasteiger partial charge in [-0.25, -0.2) is 4.79 Å². The van der Waals surface area contributed by atoms with Gasteiger partial charge in [0, 0.05) is 0 Å². The van der Waals surface area contributed by atoms with Crippen LogP contribution in [0.4, 0.5) is 4.79 Å². The Morgan fingerprint density at radius 1 is 1.40 bits per heavy atom. The zero-order chi connectivity index (χ0) is 11.1. The van der Waals surface area contributed by atoms with Gasteiger partial charge >= 0.3 is 6.03 Å². The van der Waals surface area contributed by atoms with Crippen LogP contribution in [0.3, 0.4) is 0 Å². The molecule has 0 radical (unpaired) electrons. The minimum absolute atomic E-state index is 0.115. The van der Waals surface area contributed by atoms with E-state index in [1.54, 1.807) is 0 Å². The normalized spacial score (nSPS) is 30.6. The molecule has 1 saturated carbocycles. The van der Waals surface area contributed by atoms with Gasteiger partial charge < -0.3 is 5.32 Å². The summed E-state index contributed by atoms with van der Waals surface area (Å²) >= 11 is 0. The van der Waals surface area contributed by atoms with Gasteiger partial charge in [0.05, 0.1) is 0 Å². The molecule has 15 heavy (non-hydrogen) atoms. The number of hydrogen-bond donors (Lipinski definition) is 2. The molecule has 1 heterocycles. The molecule has 0 aromatic rings. The van der Waals surface area contributed by atoms with E-state index in [0.29, 0.717) is 11.8 Å². The first kappa shape index (κ1) is 10.5. The van der Waals surface area contributed by atoms with Gasteiger partial charge in [0.15, 0.2) is 0 Å². The molecule has 4 nitrogen and oxygen atoms in total. The second-order valence-electron chi connectivity index (χ2n) is 5.09. The van der Waals surface area contributed by atoms with E-state index < -0.39 is 5.54 Å². The fourth-order valence-corrected chi connectivity index (χ4v) is 2.27. The standard InChI is InChI=1S/C11H18N2O2/c1-7(2)5-6-11(8-3-4-8)9(14)12-10(15)13-11/h7-8H,3-6H2,1-2H3,(H2,12,13,14,15)/t11-/m1/s1. The molecule has 0 spiro atoms. The Bertz CT molecular complexity index is 297. The highest BCUT2D eigenvalue weighted by Crippen LogP contribution is 2.44. The molecule has 0 unspecified atom stereocenters. The number of imide groups is 1. The van der Waals surface area contributed by atoms with E-state index in [0.717, 1.165) is 25.7 Å². The summed E-state index contributed by atoms with van der Waals surface area (Å²) in [7, 11) is 0. The van der Waals surface area contributed by atoms with Gasteiger partial charge in [-0.05, 0) is 37.5 Å². The number of urea groups is 1. The van der Waals surface area contributed by atoms with E-state index in [2.05, 4.69) is 24.5 Å². The fraction of sp³-hybridized carbons (Fsp3) is 0.818. The van der Waals surface area contributed by atoms with Crippen molar-refractivity contribution in [2.75, 3.05) is 0 Å². The summed E-state index contributed by atoms with van der Waals surface area (Å²) in [6, 6.07) is -0.323. The Morgan fingerprint density at radius 2 is 2.07 bits per heavy atom. The van der Waals surface area contributed by atoms with Crippen molar-refractivity contribution in [2.24, 2.45) is 11.8 Å². The highest BCUT2D eigenvalue weighted by molar-refractivity contribution is 6.07. The molecule has 4 heteroatoms. The van der Waals surface area contributed by atoms with Gasteiger partial charge in [-0.2, -0.15) is 0 Å². The van der Waals surface area contributed by atoms with Crippen molar-refractivity contribution in [3.05, 3.63) is 0 Å². The van der Waals surface area contributed by atoms with Crippen molar-refractivity contribution in [1.29, 1.82) is 0 Å². The minimum atomic E-state index is -0.582. The number of carbonyl (C=O) groups excluding carboxylic acids is 2. The van der Waals surface area contributed by atoms with Crippen LogP contribution in [0, 0.1) is 11.8 Å². The summed E-state index contributed by atoms with van der Waals surface area (Å²) in [5, 5.41) is 5.20. The smallest absolute Gasteiger partial charge is 0.322 e. The number of rotatable bonds is 4. The Kier molecular flexibility index (Phi) is 2.44. The molecule has 0 aromatic heterocycles. The van der Waals surface area contributed by atoms with E-state index >= 15 is 0 Å². The molecule has 0 bridgehead atoms. The maximum Gasteiger partial charge on any atom is 0.322 e. The van der Waals surface area contributed by atoms with E-state index in [4.69, 9.17) is 0 Å². The summed E-state index contributed by atoms with van der Waals surface area (Å²) in [4.78, 5) is 23.0. The van der Waals surface area contributed by atoms with E-state index in [1.807, 2.05) is 0 Å². The molecule has 1 aliphatic carbocycles. The molecule has 3 amide bonds. The fourth-order valence-electron chi connectivity index (χ4n) is 2.27. The van der Waals surface area contributed by atoms with Gasteiger partial charge in [0.25, 0.3) is 5.91 Å². The monoisotopic (exact) mass is 210 g/mol. The van der Waals surface area contributed by atoms with Crippen molar-refractivity contribution >= 4 is 11.9 Å². The first-order chi connectivity index (χ1) is 7.04. The Labute approximate surface area is 89.8 Å². The van der Waals surface area contributed by atoms with Crippen molar-refractivity contribution in [1.82, 2.24) is 10.6 Å². The third kappa shape index (κ3) is 1.85. The molecule has 2 fully saturated rings. The maximum absolute atomic E-state index is 11.8. The van der Waals surface area contributed by atoms with Crippen LogP contribution in [-0.4, -0.2) is 17.5 Å². The average molecular weight is 210 g/mol. The lowest BCUT2D eigenvalue weighted by molar-refractivity contribution is -0.125. The zero-order valence-corrected chi connectivity index (χ0v) is 9.30. The lowest BCUT2D eigenvalue weighted by Gasteiger charge is -2.26. The largest absolute Gasteiger partial charge is 0.323 e. The predicted molar refractivity (Wildman–Crippen MR) is 56.2 cm³/mol. The number of nitrogens with one attached hydrogen (secondary N) is 2. The molecule has 1 aliphatic heterocycles. The van der Waals surface area contributed by atoms with Gasteiger partial charge in [-0.1, -0.05) is 13.8 Å². The van der Waals surface area contributed by atoms with Crippen molar-refractivity contribution < 1.29 is 9.59 Å². The van der Waals surface area contributed by atoms with Crippen LogP contribution in [0.25, 0.3) is 0 Å². The second kappa shape index (κ2) is 3.51. The topological polar surface area (TPSA) is 58.2 Å². The van der Waals surface area contributed by atoms with Crippen LogP contribution in [0.15, 0.2) is 0 Å². The maximum atomic E-state index is 11.8. The number of carbonyl (C=O) groups is 2. The molecule has 84 valence electrons. The van der Waals surface area contributed by atoms with Crippen LogP contribution in [0.5, 0.6) is 0 Å². The first-order valence-electron chi connectivity index (χ1n) is 5.68. The summed E-state index contributed by atoms with van der Waals surface area (Å²) in [5.74, 6) is 0.810. The highest BCUT2D eigenvalue weighted by Gasteiger charge is 2.55. The molecule has 0 aromatic carbocycles. The van der Waals surface area contributed by atoms with Gasteiger partial charge in [0.2, 0.25) is 0 Å². The van der Waals surface area contributed by atoms with Crippen LogP contribution >= 0.6 is 0 Å². The molecule has 1 saturated heterocycles. The van der Waals surface area contributed by atoms with Gasteiger partial charge in [-0.15, -0.1) is 0 Å². The minimum Gasteiger partial charge on any atom is -0.323 e. The molecular weight excluding hydrogens is 192 g/mol. The molecule has 2 aliphatic rings. The lowest BCUT2D eigenvalue weighted by atomic mass is 9.86. The van der Waals surface area contributed by atoms with Crippen LogP contribution in [0.2, 0.25) is 0 Å². The molecule has 2 N–H and O–H groups in total. The van der Waals surface area contributed by atoms with E-state index in [-0.39, 0.29) is 11.9 Å². The molecule has 1 atom stereocenters. The molecular formula is C11H18N2O2. The second-order valence-corrected chi connectivity index (χ2v) is 5.09. The van der Waals surface area contributed by atoms with E-state index in [9.17, 15) is 9.59 Å². The summed E-state index contributed by atoms with van der Waals surface area (Å²) in [6.07, 6.45) is 3.87. The van der Waals surface area contributed by atoms with Gasteiger partial charge in [0.1, 0.15) is 5.54 Å². The third-order valence-electron chi connectivity index (χ3n) is 3.36. The molecule has 2 rings (SSSR count). The SMILES string of the molecule is CC(C)CC[C@]1(C2CC2)NC(=O)NC1=O. The van der Waals surface area contributed by atoms with Crippen molar-refractivity contribution in [2.45, 2.75) is 45.1 Å². The quantitative estimate of drug-likeness (QED) is 0.689. The number of amides is 3.